The summed E-state index contributed by atoms with van der Waals surface area (Å²) < 4.78 is 25.2. The summed E-state index contributed by atoms with van der Waals surface area (Å²) in [5.41, 5.74) is 0. The van der Waals surface area contributed by atoms with Crippen LogP contribution >= 0.6 is 24.2 Å². The second-order valence-electron chi connectivity index (χ2n) is 0.412. The Kier molecular flexibility index (Phi) is 4.35. The van der Waals surface area contributed by atoms with Gasteiger partial charge in [-0.25, -0.2) is 0 Å². The zero-order valence-corrected chi connectivity index (χ0v) is 5.12. The monoisotopic (exact) mass is 150 g/mol. The number of halogens is 1. The summed E-state index contributed by atoms with van der Waals surface area (Å²) in [7, 11) is -0.137. The van der Waals surface area contributed by atoms with E-state index in [9.17, 15) is 0 Å². The standard InChI is InChI=1S/ClHO3S.H2S/c1-5(2,3)4;/h(H,2,3,4);1H2. The quantitative estimate of drug-likeness (QED) is 0.395. The molecule has 0 unspecified atom stereocenters. The summed E-state index contributed by atoms with van der Waals surface area (Å²) in [6.07, 6.45) is 0. The van der Waals surface area contributed by atoms with Crippen molar-refractivity contribution in [1.29, 1.82) is 0 Å². The predicted molar refractivity (Wildman–Crippen MR) is 27.8 cm³/mol. The van der Waals surface area contributed by atoms with Crippen molar-refractivity contribution < 1.29 is 13.0 Å². The fourth-order valence-corrected chi connectivity index (χ4v) is 0. The van der Waals surface area contributed by atoms with Crippen molar-refractivity contribution in [2.45, 2.75) is 0 Å². The summed E-state index contributed by atoms with van der Waals surface area (Å²) in [6, 6.07) is 0. The molecule has 6 heteroatoms. The molecule has 0 amide bonds. The lowest BCUT2D eigenvalue weighted by Gasteiger charge is -1.65. The lowest BCUT2D eigenvalue weighted by Crippen LogP contribution is -1.77. The molecular formula is H3ClO3S2. The zero-order valence-electron chi connectivity index (χ0n) is 2.55. The van der Waals surface area contributed by atoms with Crippen molar-refractivity contribution in [3.05, 3.63) is 0 Å². The molecule has 0 spiro atoms. The highest BCUT2D eigenvalue weighted by molar-refractivity contribution is 8.09. The van der Waals surface area contributed by atoms with Gasteiger partial charge in [0.25, 0.3) is 0 Å². The van der Waals surface area contributed by atoms with E-state index in [0.29, 0.717) is 0 Å². The minimum atomic E-state index is -4.19. The highest BCUT2D eigenvalue weighted by Gasteiger charge is 1.86. The van der Waals surface area contributed by atoms with E-state index in [1.807, 2.05) is 0 Å². The summed E-state index contributed by atoms with van der Waals surface area (Å²) in [4.78, 5) is 0. The van der Waals surface area contributed by atoms with Crippen LogP contribution in [0.3, 0.4) is 0 Å². The number of hydrogen-bond donors (Lipinski definition) is 1. The normalized spacial score (nSPS) is 9.67. The van der Waals surface area contributed by atoms with Crippen LogP contribution in [-0.4, -0.2) is 13.0 Å². The minimum Gasteiger partial charge on any atom is -0.273 e. The molecule has 1 N–H and O–H groups in total. The van der Waals surface area contributed by atoms with Gasteiger partial charge in [-0.1, -0.05) is 0 Å². The second-order valence-corrected chi connectivity index (χ2v) is 2.41. The van der Waals surface area contributed by atoms with Gasteiger partial charge in [-0.15, -0.1) is 0 Å². The Bertz CT molecular complexity index is 92.0. The van der Waals surface area contributed by atoms with E-state index in [4.69, 9.17) is 13.0 Å². The third kappa shape index (κ3) is 190. The molecule has 0 aliphatic carbocycles. The number of hydrogen-bond acceptors (Lipinski definition) is 2. The van der Waals surface area contributed by atoms with Crippen molar-refractivity contribution >= 4 is 33.5 Å². The first-order valence-corrected chi connectivity index (χ1v) is 2.94. The zero-order chi connectivity index (χ0) is 4.50. The van der Waals surface area contributed by atoms with Crippen LogP contribution in [0.25, 0.3) is 0 Å². The molecule has 0 aliphatic rings. The van der Waals surface area contributed by atoms with E-state index in [0.717, 1.165) is 0 Å². The lowest BCUT2D eigenvalue weighted by atomic mass is 15.9. The maximum Gasteiger partial charge on any atom is 0.353 e. The molecule has 0 atom stereocenters. The predicted octanol–water partition coefficient (Wildman–Crippen LogP) is 0.141. The molecule has 0 rings (SSSR count). The van der Waals surface area contributed by atoms with Crippen molar-refractivity contribution in [3.63, 3.8) is 0 Å². The highest BCUT2D eigenvalue weighted by Crippen LogP contribution is 1.82. The SMILES string of the molecule is O=S(=O)(O)Cl.S. The Hall–Kier alpha value is 0.550. The van der Waals surface area contributed by atoms with Crippen LogP contribution in [0.1, 0.15) is 0 Å². The number of rotatable bonds is 0. The minimum absolute atomic E-state index is 0. The molecule has 0 aliphatic heterocycles. The van der Waals surface area contributed by atoms with Crippen LogP contribution in [0.2, 0.25) is 0 Å². The average molecular weight is 151 g/mol. The lowest BCUT2D eigenvalue weighted by molar-refractivity contribution is 0.501. The summed E-state index contributed by atoms with van der Waals surface area (Å²) in [5, 5.41) is 0. The Morgan fingerprint density at radius 3 is 1.50 bits per heavy atom. The molecule has 0 bridgehead atoms. The highest BCUT2D eigenvalue weighted by atomic mass is 35.7. The van der Waals surface area contributed by atoms with Gasteiger partial charge in [0.2, 0.25) is 0 Å². The van der Waals surface area contributed by atoms with Gasteiger partial charge >= 0.3 is 9.33 Å². The van der Waals surface area contributed by atoms with E-state index in [1.54, 1.807) is 0 Å². The summed E-state index contributed by atoms with van der Waals surface area (Å²) in [5.74, 6) is 0. The third-order valence-corrected chi connectivity index (χ3v) is 0. The molecule has 0 aromatic carbocycles. The van der Waals surface area contributed by atoms with Crippen molar-refractivity contribution in [3.8, 4) is 0 Å². The second kappa shape index (κ2) is 2.68. The van der Waals surface area contributed by atoms with Gasteiger partial charge < -0.3 is 0 Å². The Morgan fingerprint density at radius 2 is 1.50 bits per heavy atom. The van der Waals surface area contributed by atoms with Crippen molar-refractivity contribution in [2.75, 3.05) is 0 Å². The van der Waals surface area contributed by atoms with Crippen LogP contribution in [-0.2, 0) is 9.33 Å². The molecule has 0 aromatic rings. The Morgan fingerprint density at radius 1 is 1.50 bits per heavy atom. The molecule has 0 saturated heterocycles. The van der Waals surface area contributed by atoms with Crippen LogP contribution in [0.4, 0.5) is 0 Å². The van der Waals surface area contributed by atoms with E-state index in [1.165, 1.54) is 0 Å². The molecule has 6 heavy (non-hydrogen) atoms. The topological polar surface area (TPSA) is 54.4 Å². The van der Waals surface area contributed by atoms with Crippen LogP contribution in [0.15, 0.2) is 0 Å². The molecule has 0 saturated carbocycles. The maximum absolute atomic E-state index is 8.95. The van der Waals surface area contributed by atoms with Gasteiger partial charge in [-0.3, -0.25) is 4.55 Å². The first kappa shape index (κ1) is 9.75. The van der Waals surface area contributed by atoms with Gasteiger partial charge in [0.05, 0.1) is 0 Å². The van der Waals surface area contributed by atoms with E-state index in [-0.39, 0.29) is 13.5 Å². The van der Waals surface area contributed by atoms with Crippen LogP contribution < -0.4 is 0 Å². The largest absolute Gasteiger partial charge is 0.353 e. The smallest absolute Gasteiger partial charge is 0.273 e. The fraction of sp³-hybridized carbons (Fsp3) is 0. The first-order valence-electron chi connectivity index (χ1n) is 0.670. The Balaban J connectivity index is 0. The molecule has 0 heterocycles. The van der Waals surface area contributed by atoms with Crippen molar-refractivity contribution in [2.24, 2.45) is 0 Å². The van der Waals surface area contributed by atoms with E-state index < -0.39 is 9.33 Å². The molecule has 0 fully saturated rings. The van der Waals surface area contributed by atoms with Gasteiger partial charge in [0.1, 0.15) is 0 Å². The van der Waals surface area contributed by atoms with Gasteiger partial charge in [-0.05, 0) is 0 Å². The molecule has 40 valence electrons. The molecule has 3 nitrogen and oxygen atoms in total. The van der Waals surface area contributed by atoms with Crippen LogP contribution in [0, 0.1) is 0 Å². The average Bonchev–Trinajstić information content (AvgIpc) is 0.722. The molecule has 0 aromatic heterocycles. The third-order valence-electron chi connectivity index (χ3n) is 0. The first-order chi connectivity index (χ1) is 2.00. The van der Waals surface area contributed by atoms with Gasteiger partial charge in [0, 0.05) is 10.7 Å². The summed E-state index contributed by atoms with van der Waals surface area (Å²) >= 11 is 0. The van der Waals surface area contributed by atoms with Crippen molar-refractivity contribution in [1.82, 2.24) is 0 Å². The maximum atomic E-state index is 8.95. The molecule has 0 radical (unpaired) electrons. The van der Waals surface area contributed by atoms with Crippen LogP contribution in [0.5, 0.6) is 0 Å². The van der Waals surface area contributed by atoms with E-state index >= 15 is 0 Å². The van der Waals surface area contributed by atoms with Gasteiger partial charge in [-0.2, -0.15) is 21.9 Å². The fourth-order valence-electron chi connectivity index (χ4n) is 0. The van der Waals surface area contributed by atoms with Gasteiger partial charge in [0.15, 0.2) is 0 Å². The van der Waals surface area contributed by atoms with E-state index in [2.05, 4.69) is 10.7 Å². The summed E-state index contributed by atoms with van der Waals surface area (Å²) in [6.45, 7) is 0. The Labute approximate surface area is 47.0 Å². The molecular weight excluding hydrogens is 148 g/mol.